The number of aliphatic hydroxyl groups is 2. The fraction of sp³-hybridized carbons (Fsp3) is 0.533. The van der Waals surface area contributed by atoms with Crippen LogP contribution < -0.4 is 0 Å². The molecule has 0 aromatic heterocycles. The molecule has 0 aromatic carbocycles. The number of fused-ring (bicyclic) bond motifs is 1. The summed E-state index contributed by atoms with van der Waals surface area (Å²) in [6, 6.07) is 0. The predicted octanol–water partition coefficient (Wildman–Crippen LogP) is 1.49. The second-order valence-electron chi connectivity index (χ2n) is 5.42. The van der Waals surface area contributed by atoms with Crippen molar-refractivity contribution in [1.82, 2.24) is 0 Å². The molecule has 1 aliphatic carbocycles. The zero-order chi connectivity index (χ0) is 14.2. The van der Waals surface area contributed by atoms with Gasteiger partial charge in [0, 0.05) is 12.0 Å². The van der Waals surface area contributed by atoms with Gasteiger partial charge in [-0.3, -0.25) is 0 Å². The Bertz CT molecular complexity index is 449. The van der Waals surface area contributed by atoms with E-state index in [4.69, 9.17) is 4.74 Å². The van der Waals surface area contributed by atoms with Crippen molar-refractivity contribution < 1.29 is 19.7 Å². The van der Waals surface area contributed by atoms with E-state index in [0.29, 0.717) is 30.4 Å². The molecule has 2 rings (SSSR count). The van der Waals surface area contributed by atoms with E-state index in [1.165, 1.54) is 0 Å². The minimum atomic E-state index is -0.785. The topological polar surface area (TPSA) is 66.8 Å². The first kappa shape index (κ1) is 14.0. The molecule has 4 heteroatoms. The number of aliphatic hydroxyl groups excluding tert-OH is 2. The van der Waals surface area contributed by atoms with Gasteiger partial charge in [0.05, 0.1) is 18.1 Å². The summed E-state index contributed by atoms with van der Waals surface area (Å²) in [4.78, 5) is 11.6. The third-order valence-electron chi connectivity index (χ3n) is 3.89. The van der Waals surface area contributed by atoms with Crippen LogP contribution in [0.25, 0.3) is 0 Å². The molecular formula is C15H20O4. The Morgan fingerprint density at radius 2 is 2.05 bits per heavy atom. The van der Waals surface area contributed by atoms with Gasteiger partial charge < -0.3 is 14.9 Å². The first-order chi connectivity index (χ1) is 8.90. The van der Waals surface area contributed by atoms with Crippen LogP contribution in [0.3, 0.4) is 0 Å². The summed E-state index contributed by atoms with van der Waals surface area (Å²) in [6.07, 6.45) is 1.47. The maximum Gasteiger partial charge on any atom is 0.334 e. The third-order valence-corrected chi connectivity index (χ3v) is 3.89. The minimum absolute atomic E-state index is 0.296. The molecule has 104 valence electrons. The molecule has 19 heavy (non-hydrogen) atoms. The van der Waals surface area contributed by atoms with Crippen LogP contribution >= 0.6 is 0 Å². The normalized spacial score (nSPS) is 36.6. The average molecular weight is 264 g/mol. The van der Waals surface area contributed by atoms with Gasteiger partial charge in [-0.25, -0.2) is 4.79 Å². The van der Waals surface area contributed by atoms with Crippen molar-refractivity contribution >= 4 is 5.97 Å². The molecule has 0 saturated carbocycles. The Hall–Kier alpha value is -1.39. The summed E-state index contributed by atoms with van der Waals surface area (Å²) in [5, 5.41) is 20.2. The molecule has 1 aliphatic heterocycles. The first-order valence-corrected chi connectivity index (χ1v) is 6.51. The van der Waals surface area contributed by atoms with Gasteiger partial charge in [0.2, 0.25) is 0 Å². The smallest absolute Gasteiger partial charge is 0.334 e. The summed E-state index contributed by atoms with van der Waals surface area (Å²) < 4.78 is 5.23. The molecule has 0 spiro atoms. The highest BCUT2D eigenvalue weighted by molar-refractivity contribution is 5.91. The quantitative estimate of drug-likeness (QED) is 0.395. The number of allylic oxidation sites excluding steroid dienone is 1. The average Bonchev–Trinajstić information content (AvgIpc) is 2.60. The lowest BCUT2D eigenvalue weighted by atomic mass is 9.84. The minimum Gasteiger partial charge on any atom is -0.458 e. The van der Waals surface area contributed by atoms with Crippen molar-refractivity contribution in [2.45, 2.75) is 44.5 Å². The number of rotatable bonds is 0. The lowest BCUT2D eigenvalue weighted by molar-refractivity contribution is -0.139. The number of carbonyl (C=O) groups is 1. The van der Waals surface area contributed by atoms with Crippen LogP contribution in [0.15, 0.2) is 36.0 Å². The molecule has 0 radical (unpaired) electrons. The molecule has 0 amide bonds. The van der Waals surface area contributed by atoms with E-state index in [2.05, 4.69) is 13.2 Å². The fourth-order valence-electron chi connectivity index (χ4n) is 2.68. The van der Waals surface area contributed by atoms with Gasteiger partial charge in [0.15, 0.2) is 0 Å². The molecule has 1 unspecified atom stereocenters. The van der Waals surface area contributed by atoms with Crippen LogP contribution in [0.5, 0.6) is 0 Å². The van der Waals surface area contributed by atoms with Crippen LogP contribution in [0.4, 0.5) is 0 Å². The molecule has 4 nitrogen and oxygen atoms in total. The Kier molecular flexibility index (Phi) is 3.92. The summed E-state index contributed by atoms with van der Waals surface area (Å²) in [6.45, 7) is 9.47. The maximum atomic E-state index is 11.6. The lowest BCUT2D eigenvalue weighted by Crippen LogP contribution is -2.30. The van der Waals surface area contributed by atoms with Crippen LogP contribution in [-0.2, 0) is 9.53 Å². The van der Waals surface area contributed by atoms with Gasteiger partial charge in [-0.1, -0.05) is 24.8 Å². The maximum absolute atomic E-state index is 11.6. The molecule has 4 atom stereocenters. The highest BCUT2D eigenvalue weighted by Crippen LogP contribution is 2.35. The number of ether oxygens (including phenoxy) is 1. The van der Waals surface area contributed by atoms with Crippen molar-refractivity contribution in [3.63, 3.8) is 0 Å². The Morgan fingerprint density at radius 3 is 2.74 bits per heavy atom. The Morgan fingerprint density at radius 1 is 1.37 bits per heavy atom. The summed E-state index contributed by atoms with van der Waals surface area (Å²) >= 11 is 0. The van der Waals surface area contributed by atoms with E-state index in [9.17, 15) is 15.0 Å². The van der Waals surface area contributed by atoms with E-state index >= 15 is 0 Å². The van der Waals surface area contributed by atoms with Crippen molar-refractivity contribution in [1.29, 1.82) is 0 Å². The summed E-state index contributed by atoms with van der Waals surface area (Å²) in [5.74, 6) is -0.925. The summed E-state index contributed by atoms with van der Waals surface area (Å²) in [7, 11) is 0. The monoisotopic (exact) mass is 264 g/mol. The van der Waals surface area contributed by atoms with Gasteiger partial charge in [-0.15, -0.1) is 0 Å². The second-order valence-corrected chi connectivity index (χ2v) is 5.42. The van der Waals surface area contributed by atoms with Crippen molar-refractivity contribution in [3.05, 3.63) is 36.0 Å². The first-order valence-electron chi connectivity index (χ1n) is 6.51. The Balaban J connectivity index is 2.33. The molecule has 1 fully saturated rings. The zero-order valence-corrected chi connectivity index (χ0v) is 11.1. The highest BCUT2D eigenvalue weighted by Gasteiger charge is 2.42. The van der Waals surface area contributed by atoms with E-state index < -0.39 is 30.2 Å². The van der Waals surface area contributed by atoms with E-state index in [0.717, 1.165) is 5.57 Å². The van der Waals surface area contributed by atoms with Crippen LogP contribution in [-0.4, -0.2) is 34.5 Å². The van der Waals surface area contributed by atoms with Crippen LogP contribution in [0, 0.1) is 5.92 Å². The molecule has 1 saturated heterocycles. The Labute approximate surface area is 113 Å². The van der Waals surface area contributed by atoms with Gasteiger partial charge in [0.25, 0.3) is 0 Å². The van der Waals surface area contributed by atoms with Crippen molar-refractivity contribution in [2.24, 2.45) is 5.92 Å². The van der Waals surface area contributed by atoms with E-state index in [-0.39, 0.29) is 0 Å². The standard InChI is InChI=1S/C15H20O4/c1-8-4-5-11(16)9(2)7-13-14(12(17)6-8)10(3)15(18)19-13/h6,11-14,16-17H,2-5,7H2,1H3/t11-,12+,13-,14?/m0/s1. The number of hydrogen-bond donors (Lipinski definition) is 2. The van der Waals surface area contributed by atoms with Crippen LogP contribution in [0.2, 0.25) is 0 Å². The van der Waals surface area contributed by atoms with Gasteiger partial charge in [-0.2, -0.15) is 0 Å². The molecule has 2 N–H and O–H groups in total. The number of hydrogen-bond acceptors (Lipinski definition) is 4. The van der Waals surface area contributed by atoms with Gasteiger partial charge >= 0.3 is 5.97 Å². The number of esters is 1. The highest BCUT2D eigenvalue weighted by atomic mass is 16.6. The SMILES string of the molecule is C=C1C(=O)O[C@H]2CC(=C)[C@@H](O)CCC(C)=C[C@@H](O)C12. The fourth-order valence-corrected chi connectivity index (χ4v) is 2.68. The second kappa shape index (κ2) is 5.31. The largest absolute Gasteiger partial charge is 0.458 e. The zero-order valence-electron chi connectivity index (χ0n) is 11.1. The third kappa shape index (κ3) is 2.80. The molecule has 0 aromatic rings. The molecule has 2 aliphatic rings. The summed E-state index contributed by atoms with van der Waals surface area (Å²) in [5.41, 5.74) is 1.91. The molecule has 1 heterocycles. The van der Waals surface area contributed by atoms with Gasteiger partial charge in [0.1, 0.15) is 6.10 Å². The molecular weight excluding hydrogens is 244 g/mol. The predicted molar refractivity (Wildman–Crippen MR) is 71.3 cm³/mol. The van der Waals surface area contributed by atoms with Crippen LogP contribution in [0.1, 0.15) is 26.2 Å². The van der Waals surface area contributed by atoms with Crippen molar-refractivity contribution in [2.75, 3.05) is 0 Å². The van der Waals surface area contributed by atoms with E-state index in [1.54, 1.807) is 6.08 Å². The van der Waals surface area contributed by atoms with E-state index in [1.807, 2.05) is 6.92 Å². The van der Waals surface area contributed by atoms with Crippen molar-refractivity contribution in [3.8, 4) is 0 Å². The molecule has 0 bridgehead atoms. The van der Waals surface area contributed by atoms with Gasteiger partial charge in [-0.05, 0) is 25.3 Å². The lowest BCUT2D eigenvalue weighted by Gasteiger charge is -2.25. The number of carbonyl (C=O) groups excluding carboxylic acids is 1.